The van der Waals surface area contributed by atoms with Crippen molar-refractivity contribution in [1.82, 2.24) is 5.32 Å². The Morgan fingerprint density at radius 3 is 2.77 bits per heavy atom. The molecular formula is C16H17IN2O3. The van der Waals surface area contributed by atoms with E-state index in [-0.39, 0.29) is 23.3 Å². The number of carbonyl (C=O) groups is 1. The number of aromatic hydroxyl groups is 1. The fraction of sp³-hybridized carbons (Fsp3) is 0.375. The quantitative estimate of drug-likeness (QED) is 0.453. The van der Waals surface area contributed by atoms with E-state index in [2.05, 4.69) is 5.32 Å². The fourth-order valence-corrected chi connectivity index (χ4v) is 3.11. The number of nitrogens with zero attached hydrogens (tertiary/aromatic N) is 1. The monoisotopic (exact) mass is 412 g/mol. The van der Waals surface area contributed by atoms with Gasteiger partial charge in [-0.25, -0.2) is 0 Å². The number of amides is 1. The third-order valence-corrected chi connectivity index (χ3v) is 4.46. The Hall–Kier alpha value is -1.75. The molecule has 1 fully saturated rings. The molecule has 0 heterocycles. The van der Waals surface area contributed by atoms with Crippen LogP contribution in [0.25, 0.3) is 6.08 Å². The first-order valence-electron chi connectivity index (χ1n) is 7.04. The molecule has 1 aromatic carbocycles. The molecule has 0 atom stereocenters. The van der Waals surface area contributed by atoms with Gasteiger partial charge in [0.05, 0.1) is 10.7 Å². The lowest BCUT2D eigenvalue weighted by Gasteiger charge is -2.11. The van der Waals surface area contributed by atoms with E-state index in [4.69, 9.17) is 4.74 Å². The second-order valence-corrected chi connectivity index (χ2v) is 6.34. The highest BCUT2D eigenvalue weighted by atomic mass is 127. The molecule has 1 aromatic rings. The molecule has 2 rings (SSSR count). The molecule has 5 nitrogen and oxygen atoms in total. The lowest BCUT2D eigenvalue weighted by Crippen LogP contribution is -2.33. The zero-order valence-electron chi connectivity index (χ0n) is 12.2. The van der Waals surface area contributed by atoms with E-state index >= 15 is 0 Å². The summed E-state index contributed by atoms with van der Waals surface area (Å²) in [5.74, 6) is 0.0113. The van der Waals surface area contributed by atoms with E-state index in [0.717, 1.165) is 25.7 Å². The van der Waals surface area contributed by atoms with Gasteiger partial charge in [0.25, 0.3) is 5.91 Å². The van der Waals surface area contributed by atoms with Crippen LogP contribution >= 0.6 is 22.6 Å². The van der Waals surface area contributed by atoms with Crippen molar-refractivity contribution in [3.05, 3.63) is 26.8 Å². The predicted molar refractivity (Wildman–Crippen MR) is 91.4 cm³/mol. The Bertz CT molecular complexity index is 644. The first-order chi connectivity index (χ1) is 10.5. The number of benzene rings is 1. The molecule has 1 amide bonds. The number of ether oxygens (including phenoxy) is 1. The Kier molecular flexibility index (Phi) is 5.66. The van der Waals surface area contributed by atoms with E-state index in [1.165, 1.54) is 13.2 Å². The first kappa shape index (κ1) is 16.6. The lowest BCUT2D eigenvalue weighted by atomic mass is 10.1. The van der Waals surface area contributed by atoms with Gasteiger partial charge in [0.15, 0.2) is 11.5 Å². The Morgan fingerprint density at radius 2 is 2.18 bits per heavy atom. The van der Waals surface area contributed by atoms with Gasteiger partial charge in [0, 0.05) is 6.04 Å². The van der Waals surface area contributed by atoms with Crippen LogP contribution in [-0.4, -0.2) is 24.2 Å². The number of phenols is 1. The number of halogens is 1. The molecule has 1 saturated carbocycles. The Morgan fingerprint density at radius 1 is 1.50 bits per heavy atom. The largest absolute Gasteiger partial charge is 0.504 e. The maximum absolute atomic E-state index is 12.2. The maximum atomic E-state index is 12.2. The van der Waals surface area contributed by atoms with Crippen LogP contribution in [0.5, 0.6) is 11.5 Å². The molecule has 22 heavy (non-hydrogen) atoms. The van der Waals surface area contributed by atoms with Gasteiger partial charge in [-0.15, -0.1) is 0 Å². The van der Waals surface area contributed by atoms with Crippen molar-refractivity contribution in [2.45, 2.75) is 31.7 Å². The summed E-state index contributed by atoms with van der Waals surface area (Å²) >= 11 is 1.97. The average molecular weight is 412 g/mol. The Labute approximate surface area is 143 Å². The van der Waals surface area contributed by atoms with E-state index in [9.17, 15) is 15.2 Å². The van der Waals surface area contributed by atoms with Crippen molar-refractivity contribution in [3.8, 4) is 17.6 Å². The van der Waals surface area contributed by atoms with Gasteiger partial charge in [0.1, 0.15) is 11.6 Å². The molecule has 1 aliphatic carbocycles. The van der Waals surface area contributed by atoms with Crippen LogP contribution in [0.3, 0.4) is 0 Å². The van der Waals surface area contributed by atoms with Crippen LogP contribution in [0.2, 0.25) is 0 Å². The summed E-state index contributed by atoms with van der Waals surface area (Å²) in [6.07, 6.45) is 5.67. The SMILES string of the molecule is COc1cc(C=C(C#N)C(=O)NC2CCCC2)cc(I)c1O. The molecule has 1 aliphatic rings. The molecule has 0 spiro atoms. The van der Waals surface area contributed by atoms with Gasteiger partial charge in [-0.1, -0.05) is 12.8 Å². The van der Waals surface area contributed by atoms with E-state index < -0.39 is 0 Å². The van der Waals surface area contributed by atoms with E-state index in [1.807, 2.05) is 28.7 Å². The van der Waals surface area contributed by atoms with Crippen molar-refractivity contribution < 1.29 is 14.6 Å². The van der Waals surface area contributed by atoms with E-state index in [1.54, 1.807) is 12.1 Å². The number of nitrogens with one attached hydrogen (secondary N) is 1. The number of rotatable bonds is 4. The van der Waals surface area contributed by atoms with Crippen molar-refractivity contribution >= 4 is 34.6 Å². The highest BCUT2D eigenvalue weighted by Crippen LogP contribution is 2.33. The second-order valence-electron chi connectivity index (χ2n) is 5.18. The molecule has 6 heteroatoms. The van der Waals surface area contributed by atoms with Gasteiger partial charge in [-0.2, -0.15) is 5.26 Å². The summed E-state index contributed by atoms with van der Waals surface area (Å²) in [4.78, 5) is 12.2. The molecule has 0 bridgehead atoms. The van der Waals surface area contributed by atoms with Crippen molar-refractivity contribution in [2.75, 3.05) is 7.11 Å². The summed E-state index contributed by atoms with van der Waals surface area (Å²) in [7, 11) is 1.45. The standard InChI is InChI=1S/C16H17IN2O3/c1-22-14-8-10(7-13(17)15(14)20)6-11(9-18)16(21)19-12-4-2-3-5-12/h6-8,12,20H,2-5H2,1H3,(H,19,21). The number of methoxy groups -OCH3 is 1. The molecule has 0 aliphatic heterocycles. The highest BCUT2D eigenvalue weighted by Gasteiger charge is 2.19. The smallest absolute Gasteiger partial charge is 0.262 e. The molecule has 0 unspecified atom stereocenters. The predicted octanol–water partition coefficient (Wildman–Crippen LogP) is 2.97. The van der Waals surface area contributed by atoms with Crippen molar-refractivity contribution in [2.24, 2.45) is 0 Å². The third kappa shape index (κ3) is 3.91. The molecule has 116 valence electrons. The first-order valence-corrected chi connectivity index (χ1v) is 8.12. The second kappa shape index (κ2) is 7.49. The van der Waals surface area contributed by atoms with Crippen molar-refractivity contribution in [3.63, 3.8) is 0 Å². The molecule has 0 saturated heterocycles. The number of hydrogen-bond acceptors (Lipinski definition) is 4. The fourth-order valence-electron chi connectivity index (χ4n) is 2.48. The van der Waals surface area contributed by atoms with Gasteiger partial charge in [0.2, 0.25) is 0 Å². The number of carbonyl (C=O) groups excluding carboxylic acids is 1. The van der Waals surface area contributed by atoms with Crippen LogP contribution in [0.4, 0.5) is 0 Å². The van der Waals surface area contributed by atoms with Crippen LogP contribution in [0.15, 0.2) is 17.7 Å². The third-order valence-electron chi connectivity index (χ3n) is 3.64. The average Bonchev–Trinajstić information content (AvgIpc) is 3.00. The minimum absolute atomic E-state index is 0.0502. The topological polar surface area (TPSA) is 82.3 Å². The summed E-state index contributed by atoms with van der Waals surface area (Å²) < 4.78 is 5.68. The highest BCUT2D eigenvalue weighted by molar-refractivity contribution is 14.1. The molecule has 0 radical (unpaired) electrons. The summed E-state index contributed by atoms with van der Waals surface area (Å²) in [5.41, 5.74) is 0.688. The number of phenolic OH excluding ortho intramolecular Hbond substituents is 1. The lowest BCUT2D eigenvalue weighted by molar-refractivity contribution is -0.117. The minimum atomic E-state index is -0.351. The summed E-state index contributed by atoms with van der Waals surface area (Å²) in [6, 6.07) is 5.39. The van der Waals surface area contributed by atoms with Gasteiger partial charge < -0.3 is 15.2 Å². The van der Waals surface area contributed by atoms with Gasteiger partial charge in [-0.3, -0.25) is 4.79 Å². The zero-order chi connectivity index (χ0) is 16.1. The van der Waals surface area contributed by atoms with E-state index in [0.29, 0.717) is 14.9 Å². The van der Waals surface area contributed by atoms with Gasteiger partial charge in [-0.05, 0) is 59.2 Å². The van der Waals surface area contributed by atoms with Crippen LogP contribution < -0.4 is 10.1 Å². The Balaban J connectivity index is 2.23. The summed E-state index contributed by atoms with van der Waals surface area (Å²) in [6.45, 7) is 0. The zero-order valence-corrected chi connectivity index (χ0v) is 14.4. The van der Waals surface area contributed by atoms with Gasteiger partial charge >= 0.3 is 0 Å². The van der Waals surface area contributed by atoms with Crippen LogP contribution in [-0.2, 0) is 4.79 Å². The molecule has 2 N–H and O–H groups in total. The number of hydrogen-bond donors (Lipinski definition) is 2. The molecular weight excluding hydrogens is 395 g/mol. The van der Waals surface area contributed by atoms with Crippen LogP contribution in [0, 0.1) is 14.9 Å². The van der Waals surface area contributed by atoms with Crippen LogP contribution in [0.1, 0.15) is 31.2 Å². The van der Waals surface area contributed by atoms with Crippen molar-refractivity contribution in [1.29, 1.82) is 5.26 Å². The minimum Gasteiger partial charge on any atom is -0.504 e. The normalized spacial score (nSPS) is 15.4. The number of nitriles is 1. The summed E-state index contributed by atoms with van der Waals surface area (Å²) in [5, 5.41) is 21.9. The molecule has 0 aromatic heterocycles. The maximum Gasteiger partial charge on any atom is 0.262 e.